The fraction of sp³-hybridized carbons (Fsp3) is 0.591. The van der Waals surface area contributed by atoms with Crippen LogP contribution in [0.25, 0.3) is 10.9 Å². The van der Waals surface area contributed by atoms with Crippen LogP contribution in [0.1, 0.15) is 48.5 Å². The first-order valence-corrected chi connectivity index (χ1v) is 10.7. The highest BCUT2D eigenvalue weighted by molar-refractivity contribution is 6.05. The number of hydrogen-bond acceptors (Lipinski definition) is 4. The number of aryl methyl sites for hydroxylation is 1. The van der Waals surface area contributed by atoms with Gasteiger partial charge in [-0.05, 0) is 56.2 Å². The number of nitrogens with one attached hydrogen (secondary N) is 2. The summed E-state index contributed by atoms with van der Waals surface area (Å²) in [6.45, 7) is 7.41. The molecule has 1 aromatic heterocycles. The van der Waals surface area contributed by atoms with Crippen molar-refractivity contribution < 1.29 is 9.59 Å². The van der Waals surface area contributed by atoms with Crippen molar-refractivity contribution in [2.75, 3.05) is 32.7 Å². The third kappa shape index (κ3) is 4.61. The van der Waals surface area contributed by atoms with Crippen LogP contribution in [0.5, 0.6) is 0 Å². The van der Waals surface area contributed by atoms with Crippen molar-refractivity contribution >= 4 is 22.7 Å². The number of aromatic nitrogens is 2. The molecule has 1 aliphatic carbocycles. The molecule has 2 fully saturated rings. The summed E-state index contributed by atoms with van der Waals surface area (Å²) in [7, 11) is 0. The third-order valence-electron chi connectivity index (χ3n) is 6.33. The molecule has 7 heteroatoms. The van der Waals surface area contributed by atoms with Gasteiger partial charge in [0.25, 0.3) is 5.91 Å². The van der Waals surface area contributed by atoms with Crippen LogP contribution < -0.4 is 5.32 Å². The maximum atomic E-state index is 13.1. The predicted octanol–water partition coefficient (Wildman–Crippen LogP) is 2.32. The molecule has 0 spiro atoms. The maximum absolute atomic E-state index is 13.1. The second kappa shape index (κ2) is 8.53. The Bertz CT molecular complexity index is 876. The number of carbonyl (C=O) groups excluding carboxylic acids is 2. The van der Waals surface area contributed by atoms with Crippen molar-refractivity contribution in [2.24, 2.45) is 5.92 Å². The van der Waals surface area contributed by atoms with Crippen LogP contribution in [-0.4, -0.2) is 70.6 Å². The lowest BCUT2D eigenvalue weighted by molar-refractivity contribution is -0.123. The van der Waals surface area contributed by atoms with Gasteiger partial charge in [0.05, 0.1) is 23.8 Å². The van der Waals surface area contributed by atoms with E-state index in [2.05, 4.69) is 27.3 Å². The summed E-state index contributed by atoms with van der Waals surface area (Å²) in [5.41, 5.74) is 2.52. The fourth-order valence-corrected chi connectivity index (χ4v) is 4.54. The molecule has 156 valence electrons. The van der Waals surface area contributed by atoms with E-state index in [4.69, 9.17) is 0 Å². The zero-order valence-corrected chi connectivity index (χ0v) is 17.4. The average molecular weight is 398 g/mol. The monoisotopic (exact) mass is 397 g/mol. The van der Waals surface area contributed by atoms with Crippen molar-refractivity contribution in [1.82, 2.24) is 25.3 Å². The van der Waals surface area contributed by atoms with Crippen molar-refractivity contribution in [3.8, 4) is 0 Å². The van der Waals surface area contributed by atoms with Crippen LogP contribution in [0.4, 0.5) is 0 Å². The summed E-state index contributed by atoms with van der Waals surface area (Å²) in [6.07, 6.45) is 6.34. The zero-order valence-electron chi connectivity index (χ0n) is 17.4. The Morgan fingerprint density at radius 2 is 1.86 bits per heavy atom. The highest BCUT2D eigenvalue weighted by Gasteiger charge is 2.26. The molecule has 2 N–H and O–H groups in total. The van der Waals surface area contributed by atoms with Gasteiger partial charge in [0.15, 0.2) is 0 Å². The smallest absolute Gasteiger partial charge is 0.256 e. The van der Waals surface area contributed by atoms with Crippen LogP contribution in [0, 0.1) is 12.8 Å². The minimum absolute atomic E-state index is 0.0309. The van der Waals surface area contributed by atoms with Crippen molar-refractivity contribution in [1.29, 1.82) is 0 Å². The summed E-state index contributed by atoms with van der Waals surface area (Å²) < 4.78 is 0. The molecule has 7 nitrogen and oxygen atoms in total. The highest BCUT2D eigenvalue weighted by Crippen LogP contribution is 2.23. The third-order valence-corrected chi connectivity index (χ3v) is 6.33. The summed E-state index contributed by atoms with van der Waals surface area (Å²) in [6, 6.07) is 4.28. The summed E-state index contributed by atoms with van der Waals surface area (Å²) in [5.74, 6) is 0.927. The van der Waals surface area contributed by atoms with E-state index in [-0.39, 0.29) is 11.8 Å². The molecule has 0 unspecified atom stereocenters. The molecule has 0 radical (unpaired) electrons. The molecular formula is C22H31N5O2. The van der Waals surface area contributed by atoms with Crippen LogP contribution >= 0.6 is 0 Å². The van der Waals surface area contributed by atoms with Gasteiger partial charge >= 0.3 is 0 Å². The van der Waals surface area contributed by atoms with E-state index in [9.17, 15) is 9.59 Å². The zero-order chi connectivity index (χ0) is 20.4. The number of H-pyrrole nitrogens is 1. The molecular weight excluding hydrogens is 366 g/mol. The molecule has 0 bridgehead atoms. The molecule has 4 rings (SSSR count). The van der Waals surface area contributed by atoms with Crippen molar-refractivity contribution in [3.63, 3.8) is 0 Å². The molecule has 29 heavy (non-hydrogen) atoms. The van der Waals surface area contributed by atoms with E-state index in [1.54, 1.807) is 6.20 Å². The SMILES string of the molecule is Cc1cc(C(=O)N2CCN(CC(=O)NC3CCC(C)CC3)CC2)c2[nH]ncc2c1. The Labute approximate surface area is 171 Å². The lowest BCUT2D eigenvalue weighted by Gasteiger charge is -2.35. The summed E-state index contributed by atoms with van der Waals surface area (Å²) in [4.78, 5) is 29.5. The number of amides is 2. The predicted molar refractivity (Wildman–Crippen MR) is 113 cm³/mol. The van der Waals surface area contributed by atoms with Gasteiger partial charge < -0.3 is 10.2 Å². The Balaban J connectivity index is 1.29. The molecule has 2 amide bonds. The molecule has 1 aromatic carbocycles. The molecule has 2 heterocycles. The number of carbonyl (C=O) groups is 2. The molecule has 0 atom stereocenters. The lowest BCUT2D eigenvalue weighted by Crippen LogP contribution is -2.52. The van der Waals surface area contributed by atoms with Crippen LogP contribution in [0.3, 0.4) is 0 Å². The first-order valence-electron chi connectivity index (χ1n) is 10.7. The average Bonchev–Trinajstić information content (AvgIpc) is 3.17. The Hall–Kier alpha value is -2.41. The van der Waals surface area contributed by atoms with Crippen molar-refractivity contribution in [3.05, 3.63) is 29.5 Å². The normalized spacial score (nSPS) is 23.3. The Morgan fingerprint density at radius 1 is 1.14 bits per heavy atom. The number of nitrogens with zero attached hydrogens (tertiary/aromatic N) is 3. The van der Waals surface area contributed by atoms with Gasteiger partial charge in [-0.15, -0.1) is 0 Å². The first-order chi connectivity index (χ1) is 14.0. The van der Waals surface area contributed by atoms with Gasteiger partial charge in [0.1, 0.15) is 0 Å². The van der Waals surface area contributed by atoms with Crippen LogP contribution in [0.15, 0.2) is 18.3 Å². The second-order valence-electron chi connectivity index (χ2n) is 8.74. The van der Waals surface area contributed by atoms with E-state index in [1.165, 1.54) is 12.8 Å². The quantitative estimate of drug-likeness (QED) is 0.830. The van der Waals surface area contributed by atoms with Gasteiger partial charge in [-0.2, -0.15) is 5.10 Å². The lowest BCUT2D eigenvalue weighted by atomic mass is 9.87. The number of benzene rings is 1. The molecule has 2 aliphatic rings. The fourth-order valence-electron chi connectivity index (χ4n) is 4.54. The first kappa shape index (κ1) is 19.9. The highest BCUT2D eigenvalue weighted by atomic mass is 16.2. The Morgan fingerprint density at radius 3 is 2.59 bits per heavy atom. The Kier molecular flexibility index (Phi) is 5.85. The minimum Gasteiger partial charge on any atom is -0.352 e. The van der Waals surface area contributed by atoms with Gasteiger partial charge in [0.2, 0.25) is 5.91 Å². The number of rotatable bonds is 4. The van der Waals surface area contributed by atoms with Gasteiger partial charge in [0, 0.05) is 37.6 Å². The molecule has 1 aliphatic heterocycles. The van der Waals surface area contributed by atoms with Crippen molar-refractivity contribution in [2.45, 2.75) is 45.6 Å². The largest absolute Gasteiger partial charge is 0.352 e. The number of fused-ring (bicyclic) bond motifs is 1. The van der Waals surface area contributed by atoms with E-state index in [0.29, 0.717) is 31.2 Å². The van der Waals surface area contributed by atoms with E-state index >= 15 is 0 Å². The van der Waals surface area contributed by atoms with E-state index in [1.807, 2.05) is 24.0 Å². The summed E-state index contributed by atoms with van der Waals surface area (Å²) >= 11 is 0. The number of aromatic amines is 1. The maximum Gasteiger partial charge on any atom is 0.256 e. The molecule has 1 saturated carbocycles. The second-order valence-corrected chi connectivity index (χ2v) is 8.74. The molecule has 1 saturated heterocycles. The van der Waals surface area contributed by atoms with Crippen LogP contribution in [0.2, 0.25) is 0 Å². The van der Waals surface area contributed by atoms with Gasteiger partial charge in [-0.1, -0.05) is 6.92 Å². The standard InChI is InChI=1S/C22H31N5O2/c1-15-3-5-18(6-4-15)24-20(28)14-26-7-9-27(10-8-26)22(29)19-12-16(2)11-17-13-23-25-21(17)19/h11-13,15,18H,3-10,14H2,1-2H3,(H,23,25)(H,24,28). The van der Waals surface area contributed by atoms with Gasteiger partial charge in [-0.25, -0.2) is 0 Å². The van der Waals surface area contributed by atoms with Gasteiger partial charge in [-0.3, -0.25) is 19.6 Å². The topological polar surface area (TPSA) is 81.3 Å². The number of piperazine rings is 1. The summed E-state index contributed by atoms with van der Waals surface area (Å²) in [5, 5.41) is 11.2. The van der Waals surface area contributed by atoms with E-state index < -0.39 is 0 Å². The minimum atomic E-state index is 0.0309. The molecule has 2 aromatic rings. The van der Waals surface area contributed by atoms with E-state index in [0.717, 1.165) is 48.3 Å². The van der Waals surface area contributed by atoms with Crippen LogP contribution in [-0.2, 0) is 4.79 Å². The number of hydrogen-bond donors (Lipinski definition) is 2.